The number of carbonyl (C=O) groups is 1. The molecule has 0 unspecified atom stereocenters. The van der Waals surface area contributed by atoms with Gasteiger partial charge in [-0.15, -0.1) is 11.8 Å². The van der Waals surface area contributed by atoms with Crippen molar-refractivity contribution in [3.8, 4) is 5.75 Å². The summed E-state index contributed by atoms with van der Waals surface area (Å²) in [6.45, 7) is 0.533. The Kier molecular flexibility index (Phi) is 5.92. The molecule has 2 aromatic carbocycles. The summed E-state index contributed by atoms with van der Waals surface area (Å²) in [6, 6.07) is 14.6. The largest absolute Gasteiger partial charge is 0.493 e. The number of nitrogen functional groups attached to an aromatic ring is 1. The minimum atomic E-state index is -0.339. The Balaban J connectivity index is 1.82. The van der Waals surface area contributed by atoms with E-state index in [1.165, 1.54) is 0 Å². The van der Waals surface area contributed by atoms with E-state index in [0.717, 1.165) is 15.7 Å². The number of benzene rings is 2. The summed E-state index contributed by atoms with van der Waals surface area (Å²) >= 11 is 7.58. The summed E-state index contributed by atoms with van der Waals surface area (Å²) in [6.07, 6.45) is 0. The fraction of sp³-hybridized carbons (Fsp3) is 0.133. The fourth-order valence-corrected chi connectivity index (χ4v) is 2.73. The van der Waals surface area contributed by atoms with Crippen LogP contribution in [0.2, 0.25) is 5.02 Å². The fourth-order valence-electron chi connectivity index (χ4n) is 1.69. The van der Waals surface area contributed by atoms with Gasteiger partial charge in [0.2, 0.25) is 0 Å². The first kappa shape index (κ1) is 15.7. The maximum absolute atomic E-state index is 11.4. The lowest BCUT2D eigenvalue weighted by Gasteiger charge is -2.07. The summed E-state index contributed by atoms with van der Waals surface area (Å²) in [4.78, 5) is 12.5. The molecule has 1 amide bonds. The van der Waals surface area contributed by atoms with Crippen LogP contribution >= 0.6 is 23.4 Å². The first-order valence-electron chi connectivity index (χ1n) is 6.31. The number of nitrogens with two attached hydrogens (primary N) is 1. The van der Waals surface area contributed by atoms with Crippen LogP contribution in [0.15, 0.2) is 53.4 Å². The maximum atomic E-state index is 11.4. The van der Waals surface area contributed by atoms with E-state index in [-0.39, 0.29) is 5.91 Å². The molecule has 0 saturated carbocycles. The predicted octanol–water partition coefficient (Wildman–Crippen LogP) is 3.11. The number of ether oxygens (including phenoxy) is 1. The number of amides is 1. The number of hydrazine groups is 1. The Labute approximate surface area is 132 Å². The van der Waals surface area contributed by atoms with Crippen LogP contribution in [0, 0.1) is 0 Å². The van der Waals surface area contributed by atoms with Crippen molar-refractivity contribution < 1.29 is 9.53 Å². The first-order valence-corrected chi connectivity index (χ1v) is 7.67. The summed E-state index contributed by atoms with van der Waals surface area (Å²) < 4.78 is 5.62. The average Bonchev–Trinajstić information content (AvgIpc) is 2.51. The molecule has 0 fully saturated rings. The van der Waals surface area contributed by atoms with Gasteiger partial charge in [0, 0.05) is 21.2 Å². The van der Waals surface area contributed by atoms with Gasteiger partial charge in [0.1, 0.15) is 5.75 Å². The molecule has 0 heterocycles. The van der Waals surface area contributed by atoms with Crippen molar-refractivity contribution in [3.05, 3.63) is 59.1 Å². The van der Waals surface area contributed by atoms with E-state index in [4.69, 9.17) is 22.2 Å². The molecule has 0 aromatic heterocycles. The zero-order valence-corrected chi connectivity index (χ0v) is 12.8. The highest BCUT2D eigenvalue weighted by Crippen LogP contribution is 2.21. The molecular weight excluding hydrogens is 308 g/mol. The van der Waals surface area contributed by atoms with Gasteiger partial charge in [-0.25, -0.2) is 5.84 Å². The number of hydrogen-bond acceptors (Lipinski definition) is 4. The minimum Gasteiger partial charge on any atom is -0.493 e. The second-order valence-electron chi connectivity index (χ2n) is 4.16. The van der Waals surface area contributed by atoms with E-state index < -0.39 is 0 Å². The third-order valence-electron chi connectivity index (χ3n) is 2.64. The van der Waals surface area contributed by atoms with E-state index in [1.807, 2.05) is 24.3 Å². The second-order valence-corrected chi connectivity index (χ2v) is 5.76. The van der Waals surface area contributed by atoms with Crippen LogP contribution in [0.25, 0.3) is 0 Å². The van der Waals surface area contributed by atoms with E-state index >= 15 is 0 Å². The molecule has 2 rings (SSSR count). The standard InChI is InChI=1S/C15H15ClN2O2S/c16-12-4-2-6-14(10-12)21-8-7-20-13-5-1-3-11(9-13)15(19)18-17/h1-6,9-10H,7-8,17H2,(H,18,19). The van der Waals surface area contributed by atoms with Crippen molar-refractivity contribution in [1.82, 2.24) is 5.43 Å². The molecule has 0 aliphatic rings. The lowest BCUT2D eigenvalue weighted by molar-refractivity contribution is 0.0953. The highest BCUT2D eigenvalue weighted by molar-refractivity contribution is 7.99. The van der Waals surface area contributed by atoms with E-state index in [0.29, 0.717) is 17.9 Å². The topological polar surface area (TPSA) is 64.3 Å². The Morgan fingerprint density at radius 3 is 2.81 bits per heavy atom. The SMILES string of the molecule is NNC(=O)c1cccc(OCCSc2cccc(Cl)c2)c1. The third kappa shape index (κ3) is 4.97. The molecule has 0 saturated heterocycles. The van der Waals surface area contributed by atoms with Gasteiger partial charge < -0.3 is 4.74 Å². The van der Waals surface area contributed by atoms with Gasteiger partial charge in [-0.2, -0.15) is 0 Å². The molecule has 3 N–H and O–H groups in total. The average molecular weight is 323 g/mol. The number of thioether (sulfide) groups is 1. The zero-order valence-electron chi connectivity index (χ0n) is 11.2. The van der Waals surface area contributed by atoms with Crippen LogP contribution in [0.5, 0.6) is 5.75 Å². The van der Waals surface area contributed by atoms with Gasteiger partial charge >= 0.3 is 0 Å². The molecule has 0 aliphatic heterocycles. The maximum Gasteiger partial charge on any atom is 0.265 e. The number of carbonyl (C=O) groups excluding carboxylic acids is 1. The van der Waals surface area contributed by atoms with E-state index in [9.17, 15) is 4.79 Å². The molecule has 2 aromatic rings. The molecule has 110 valence electrons. The molecule has 4 nitrogen and oxygen atoms in total. The Morgan fingerprint density at radius 2 is 2.05 bits per heavy atom. The summed E-state index contributed by atoms with van der Waals surface area (Å²) in [5.41, 5.74) is 2.56. The minimum absolute atomic E-state index is 0.339. The molecular formula is C15H15ClN2O2S. The van der Waals surface area contributed by atoms with Gasteiger partial charge in [-0.05, 0) is 36.4 Å². The summed E-state index contributed by atoms with van der Waals surface area (Å²) in [7, 11) is 0. The van der Waals surface area contributed by atoms with Crippen LogP contribution < -0.4 is 16.0 Å². The molecule has 0 spiro atoms. The van der Waals surface area contributed by atoms with Crippen LogP contribution in [0.4, 0.5) is 0 Å². The lowest BCUT2D eigenvalue weighted by atomic mass is 10.2. The van der Waals surface area contributed by atoms with Gasteiger partial charge in [0.15, 0.2) is 0 Å². The molecule has 6 heteroatoms. The van der Waals surface area contributed by atoms with Crippen molar-refractivity contribution in [2.75, 3.05) is 12.4 Å². The van der Waals surface area contributed by atoms with E-state index in [1.54, 1.807) is 36.0 Å². The monoisotopic (exact) mass is 322 g/mol. The Morgan fingerprint density at radius 1 is 1.24 bits per heavy atom. The number of rotatable bonds is 6. The first-order chi connectivity index (χ1) is 10.2. The lowest BCUT2D eigenvalue weighted by Crippen LogP contribution is -2.29. The van der Waals surface area contributed by atoms with Gasteiger partial charge in [-0.1, -0.05) is 23.7 Å². The third-order valence-corrected chi connectivity index (χ3v) is 3.84. The summed E-state index contributed by atoms with van der Waals surface area (Å²) in [5, 5.41) is 0.724. The number of halogens is 1. The molecule has 0 aliphatic carbocycles. The van der Waals surface area contributed by atoms with Gasteiger partial charge in [0.05, 0.1) is 6.61 Å². The van der Waals surface area contributed by atoms with E-state index in [2.05, 4.69) is 5.43 Å². The number of hydrogen-bond donors (Lipinski definition) is 2. The second kappa shape index (κ2) is 7.93. The zero-order chi connectivity index (χ0) is 15.1. The Bertz CT molecular complexity index is 622. The van der Waals surface area contributed by atoms with Crippen molar-refractivity contribution in [3.63, 3.8) is 0 Å². The van der Waals surface area contributed by atoms with Crippen molar-refractivity contribution in [2.45, 2.75) is 4.90 Å². The van der Waals surface area contributed by atoms with Crippen molar-refractivity contribution in [1.29, 1.82) is 0 Å². The highest BCUT2D eigenvalue weighted by Gasteiger charge is 2.04. The van der Waals surface area contributed by atoms with Crippen LogP contribution in [0.1, 0.15) is 10.4 Å². The van der Waals surface area contributed by atoms with Crippen LogP contribution in [-0.2, 0) is 0 Å². The summed E-state index contributed by atoms with van der Waals surface area (Å²) in [5.74, 6) is 6.19. The van der Waals surface area contributed by atoms with Gasteiger partial charge in [0.25, 0.3) is 5.91 Å². The van der Waals surface area contributed by atoms with Crippen LogP contribution in [0.3, 0.4) is 0 Å². The quantitative estimate of drug-likeness (QED) is 0.282. The van der Waals surface area contributed by atoms with Gasteiger partial charge in [-0.3, -0.25) is 10.2 Å². The van der Waals surface area contributed by atoms with Crippen molar-refractivity contribution in [2.24, 2.45) is 5.84 Å². The highest BCUT2D eigenvalue weighted by atomic mass is 35.5. The van der Waals surface area contributed by atoms with Crippen LogP contribution in [-0.4, -0.2) is 18.3 Å². The Hall–Kier alpha value is -1.69. The molecule has 0 atom stereocenters. The normalized spacial score (nSPS) is 10.2. The number of nitrogens with one attached hydrogen (secondary N) is 1. The molecule has 0 bridgehead atoms. The molecule has 0 radical (unpaired) electrons. The van der Waals surface area contributed by atoms with Crippen molar-refractivity contribution >= 4 is 29.3 Å². The smallest absolute Gasteiger partial charge is 0.265 e. The molecule has 21 heavy (non-hydrogen) atoms. The predicted molar refractivity (Wildman–Crippen MR) is 85.8 cm³/mol.